The molecule has 0 radical (unpaired) electrons. The minimum Gasteiger partial charge on any atom is -0.479 e. The van der Waals surface area contributed by atoms with Crippen LogP contribution in [0.2, 0.25) is 0 Å². The Kier molecular flexibility index (Phi) is 3.17. The van der Waals surface area contributed by atoms with Crippen LogP contribution in [0.4, 0.5) is 4.79 Å². The molecule has 0 aromatic rings. The summed E-state index contributed by atoms with van der Waals surface area (Å²) in [5, 5.41) is 11.5. The normalized spacial score (nSPS) is 28.4. The zero-order chi connectivity index (χ0) is 12.6. The SMILES string of the molecule is CC[C@@H]1C[C@@]1(NC(=O)OC(C)(C)C)C(=O)O. The molecule has 2 atom stereocenters. The Morgan fingerprint density at radius 2 is 2.06 bits per heavy atom. The number of hydrogen-bond donors (Lipinski definition) is 2. The molecule has 16 heavy (non-hydrogen) atoms. The summed E-state index contributed by atoms with van der Waals surface area (Å²) in [6.07, 6.45) is 0.561. The molecule has 0 aliphatic heterocycles. The Morgan fingerprint density at radius 3 is 2.38 bits per heavy atom. The van der Waals surface area contributed by atoms with Gasteiger partial charge in [0.05, 0.1) is 0 Å². The third-order valence-electron chi connectivity index (χ3n) is 2.70. The summed E-state index contributed by atoms with van der Waals surface area (Å²) in [6, 6.07) is 0. The predicted molar refractivity (Wildman–Crippen MR) is 58.1 cm³/mol. The molecular formula is C11H19NO4. The maximum Gasteiger partial charge on any atom is 0.408 e. The van der Waals surface area contributed by atoms with Gasteiger partial charge in [0.1, 0.15) is 11.1 Å². The number of rotatable bonds is 3. The lowest BCUT2D eigenvalue weighted by atomic mass is 10.1. The van der Waals surface area contributed by atoms with E-state index in [0.29, 0.717) is 6.42 Å². The van der Waals surface area contributed by atoms with Gasteiger partial charge < -0.3 is 15.2 Å². The molecule has 92 valence electrons. The molecule has 1 aliphatic carbocycles. The van der Waals surface area contributed by atoms with E-state index >= 15 is 0 Å². The number of carboxylic acids is 1. The van der Waals surface area contributed by atoms with Crippen LogP contribution < -0.4 is 5.32 Å². The maximum absolute atomic E-state index is 11.5. The largest absolute Gasteiger partial charge is 0.479 e. The molecule has 0 aromatic heterocycles. The summed E-state index contributed by atoms with van der Waals surface area (Å²) in [5.74, 6) is -0.970. The average Bonchev–Trinajstić information content (AvgIpc) is 2.76. The van der Waals surface area contributed by atoms with Gasteiger partial charge in [0.25, 0.3) is 0 Å². The van der Waals surface area contributed by atoms with Gasteiger partial charge in [-0.25, -0.2) is 9.59 Å². The first-order valence-corrected chi connectivity index (χ1v) is 5.46. The zero-order valence-electron chi connectivity index (χ0n) is 10.2. The van der Waals surface area contributed by atoms with E-state index in [1.54, 1.807) is 20.8 Å². The van der Waals surface area contributed by atoms with E-state index in [9.17, 15) is 9.59 Å². The summed E-state index contributed by atoms with van der Waals surface area (Å²) < 4.78 is 5.04. The number of nitrogens with one attached hydrogen (secondary N) is 1. The van der Waals surface area contributed by atoms with Crippen LogP contribution in [-0.4, -0.2) is 28.3 Å². The van der Waals surface area contributed by atoms with Crippen molar-refractivity contribution >= 4 is 12.1 Å². The molecule has 5 nitrogen and oxygen atoms in total. The molecule has 0 saturated heterocycles. The topological polar surface area (TPSA) is 75.6 Å². The molecule has 1 aliphatic rings. The molecule has 2 N–H and O–H groups in total. The van der Waals surface area contributed by atoms with Crippen molar-refractivity contribution in [3.63, 3.8) is 0 Å². The fourth-order valence-corrected chi connectivity index (χ4v) is 1.78. The number of carboxylic acid groups (broad SMARTS) is 1. The van der Waals surface area contributed by atoms with E-state index in [0.717, 1.165) is 6.42 Å². The van der Waals surface area contributed by atoms with Gasteiger partial charge in [-0.1, -0.05) is 13.3 Å². The second kappa shape index (κ2) is 3.96. The summed E-state index contributed by atoms with van der Waals surface area (Å²) in [7, 11) is 0. The molecule has 0 aromatic carbocycles. The number of carbonyl (C=O) groups excluding carboxylic acids is 1. The van der Waals surface area contributed by atoms with Crippen molar-refractivity contribution in [1.82, 2.24) is 5.32 Å². The van der Waals surface area contributed by atoms with Gasteiger partial charge in [0.2, 0.25) is 0 Å². The van der Waals surface area contributed by atoms with Gasteiger partial charge >= 0.3 is 12.1 Å². The van der Waals surface area contributed by atoms with Crippen LogP contribution in [-0.2, 0) is 9.53 Å². The van der Waals surface area contributed by atoms with Crippen molar-refractivity contribution in [3.05, 3.63) is 0 Å². The first-order valence-electron chi connectivity index (χ1n) is 5.46. The highest BCUT2D eigenvalue weighted by Crippen LogP contribution is 2.46. The molecule has 0 bridgehead atoms. The Hall–Kier alpha value is -1.26. The first-order chi connectivity index (χ1) is 7.21. The Bertz CT molecular complexity index is 308. The molecular weight excluding hydrogens is 210 g/mol. The minimum atomic E-state index is -1.10. The lowest BCUT2D eigenvalue weighted by Gasteiger charge is -2.22. The monoisotopic (exact) mass is 229 g/mol. The number of alkyl carbamates (subject to hydrolysis) is 1. The number of amides is 1. The van der Waals surface area contributed by atoms with Gasteiger partial charge in [0.15, 0.2) is 0 Å². The lowest BCUT2D eigenvalue weighted by Crippen LogP contribution is -2.46. The Balaban J connectivity index is 2.59. The van der Waals surface area contributed by atoms with Gasteiger partial charge in [0, 0.05) is 0 Å². The van der Waals surface area contributed by atoms with Crippen molar-refractivity contribution in [2.24, 2.45) is 5.92 Å². The molecule has 1 saturated carbocycles. The highest BCUT2D eigenvalue weighted by Gasteiger charge is 2.61. The number of ether oxygens (including phenoxy) is 1. The number of hydrogen-bond acceptors (Lipinski definition) is 3. The van der Waals surface area contributed by atoms with E-state index in [1.165, 1.54) is 0 Å². The number of carbonyl (C=O) groups is 2. The summed E-state index contributed by atoms with van der Waals surface area (Å²) in [5.41, 5.74) is -1.71. The van der Waals surface area contributed by atoms with Crippen LogP contribution in [0.25, 0.3) is 0 Å². The van der Waals surface area contributed by atoms with Crippen molar-refractivity contribution in [3.8, 4) is 0 Å². The molecule has 1 amide bonds. The quantitative estimate of drug-likeness (QED) is 0.773. The molecule has 0 heterocycles. The Morgan fingerprint density at radius 1 is 1.50 bits per heavy atom. The third-order valence-corrected chi connectivity index (χ3v) is 2.70. The van der Waals surface area contributed by atoms with E-state index in [-0.39, 0.29) is 5.92 Å². The molecule has 0 unspecified atom stereocenters. The lowest BCUT2D eigenvalue weighted by molar-refractivity contribution is -0.141. The van der Waals surface area contributed by atoms with Crippen molar-refractivity contribution < 1.29 is 19.4 Å². The minimum absolute atomic E-state index is 0.0116. The highest BCUT2D eigenvalue weighted by atomic mass is 16.6. The summed E-state index contributed by atoms with van der Waals surface area (Å²) in [4.78, 5) is 22.6. The maximum atomic E-state index is 11.5. The van der Waals surface area contributed by atoms with E-state index in [1.807, 2.05) is 6.92 Å². The fraction of sp³-hybridized carbons (Fsp3) is 0.818. The van der Waals surface area contributed by atoms with Gasteiger partial charge in [-0.2, -0.15) is 0 Å². The molecule has 5 heteroatoms. The van der Waals surface area contributed by atoms with Crippen molar-refractivity contribution in [2.45, 2.75) is 51.7 Å². The Labute approximate surface area is 95.2 Å². The summed E-state index contributed by atoms with van der Waals surface area (Å²) >= 11 is 0. The van der Waals surface area contributed by atoms with Crippen molar-refractivity contribution in [2.75, 3.05) is 0 Å². The van der Waals surface area contributed by atoms with E-state index < -0.39 is 23.2 Å². The van der Waals surface area contributed by atoms with Gasteiger partial charge in [-0.3, -0.25) is 0 Å². The van der Waals surface area contributed by atoms with E-state index in [2.05, 4.69) is 5.32 Å². The third kappa shape index (κ3) is 2.65. The second-order valence-corrected chi connectivity index (χ2v) is 5.21. The second-order valence-electron chi connectivity index (χ2n) is 5.21. The highest BCUT2D eigenvalue weighted by molar-refractivity contribution is 5.88. The summed E-state index contributed by atoms with van der Waals surface area (Å²) in [6.45, 7) is 7.13. The predicted octanol–water partition coefficient (Wildman–Crippen LogP) is 1.76. The van der Waals surface area contributed by atoms with Crippen LogP contribution in [0.1, 0.15) is 40.5 Å². The zero-order valence-corrected chi connectivity index (χ0v) is 10.2. The van der Waals surface area contributed by atoms with Gasteiger partial charge in [-0.05, 0) is 33.1 Å². The molecule has 1 rings (SSSR count). The van der Waals surface area contributed by atoms with Crippen LogP contribution >= 0.6 is 0 Å². The smallest absolute Gasteiger partial charge is 0.408 e. The molecule has 1 fully saturated rings. The fourth-order valence-electron chi connectivity index (χ4n) is 1.78. The van der Waals surface area contributed by atoms with Crippen molar-refractivity contribution in [1.29, 1.82) is 0 Å². The van der Waals surface area contributed by atoms with Gasteiger partial charge in [-0.15, -0.1) is 0 Å². The number of aliphatic carboxylic acids is 1. The van der Waals surface area contributed by atoms with Crippen LogP contribution in [0.5, 0.6) is 0 Å². The van der Waals surface area contributed by atoms with Crippen LogP contribution in [0.15, 0.2) is 0 Å². The van der Waals surface area contributed by atoms with Crippen LogP contribution in [0.3, 0.4) is 0 Å². The molecule has 0 spiro atoms. The average molecular weight is 229 g/mol. The van der Waals surface area contributed by atoms with E-state index in [4.69, 9.17) is 9.84 Å². The first kappa shape index (κ1) is 12.8. The van der Waals surface area contributed by atoms with Crippen LogP contribution in [0, 0.1) is 5.92 Å². The standard InChI is InChI=1S/C11H19NO4/c1-5-7-6-11(7,8(13)14)12-9(15)16-10(2,3)4/h7H,5-6H2,1-4H3,(H,12,15)(H,13,14)/t7-,11+/m1/s1.